The van der Waals surface area contributed by atoms with Gasteiger partial charge in [0.1, 0.15) is 5.76 Å². The van der Waals surface area contributed by atoms with E-state index in [9.17, 15) is 4.79 Å². The quantitative estimate of drug-likeness (QED) is 0.666. The van der Waals surface area contributed by atoms with Crippen LogP contribution in [0.1, 0.15) is 43.1 Å². The van der Waals surface area contributed by atoms with Gasteiger partial charge < -0.3 is 9.73 Å². The Hall–Kier alpha value is -1.92. The molecule has 4 nitrogen and oxygen atoms in total. The number of amides is 1. The third-order valence-corrected chi connectivity index (χ3v) is 5.75. The molecule has 0 spiro atoms. The van der Waals surface area contributed by atoms with Crippen LogP contribution in [0.3, 0.4) is 0 Å². The van der Waals surface area contributed by atoms with Crippen LogP contribution in [0, 0.1) is 12.3 Å². The molecular weight excluding hydrogens is 352 g/mol. The molecule has 132 valence electrons. The van der Waals surface area contributed by atoms with Gasteiger partial charge in [-0.2, -0.15) is 0 Å². The molecule has 6 heteroatoms. The highest BCUT2D eigenvalue weighted by Gasteiger charge is 2.29. The van der Waals surface area contributed by atoms with Crippen LogP contribution >= 0.6 is 22.7 Å². The van der Waals surface area contributed by atoms with Gasteiger partial charge in [0.15, 0.2) is 0 Å². The second-order valence-electron chi connectivity index (χ2n) is 7.06. The largest absolute Gasteiger partial charge is 0.440 e. The molecule has 1 amide bonds. The number of nitrogens with one attached hydrogen (secondary N) is 1. The Labute approximate surface area is 155 Å². The van der Waals surface area contributed by atoms with Crippen molar-refractivity contribution in [2.24, 2.45) is 5.41 Å². The zero-order valence-electron chi connectivity index (χ0n) is 14.8. The average Bonchev–Trinajstić information content (AvgIpc) is 3.26. The summed E-state index contributed by atoms with van der Waals surface area (Å²) in [5, 5.41) is 7.19. The molecule has 0 aromatic carbocycles. The van der Waals surface area contributed by atoms with Crippen molar-refractivity contribution in [1.82, 2.24) is 10.3 Å². The molecule has 0 fully saturated rings. The van der Waals surface area contributed by atoms with Crippen LogP contribution in [0.5, 0.6) is 0 Å². The normalized spacial score (nSPS) is 13.0. The van der Waals surface area contributed by atoms with Crippen molar-refractivity contribution in [3.63, 3.8) is 0 Å². The zero-order chi connectivity index (χ0) is 18.0. The van der Waals surface area contributed by atoms with E-state index in [0.717, 1.165) is 9.75 Å². The number of rotatable bonds is 5. The van der Waals surface area contributed by atoms with Gasteiger partial charge in [0.25, 0.3) is 0 Å². The minimum Gasteiger partial charge on any atom is -0.440 e. The van der Waals surface area contributed by atoms with Crippen molar-refractivity contribution in [2.45, 2.75) is 40.2 Å². The fourth-order valence-electron chi connectivity index (χ4n) is 2.63. The molecule has 0 aliphatic carbocycles. The molecule has 1 N–H and O–H groups in total. The number of carbonyl (C=O) groups excluding carboxylic acids is 1. The van der Waals surface area contributed by atoms with Crippen LogP contribution < -0.4 is 5.32 Å². The van der Waals surface area contributed by atoms with E-state index in [1.165, 1.54) is 0 Å². The molecule has 1 atom stereocenters. The zero-order valence-corrected chi connectivity index (χ0v) is 16.5. The van der Waals surface area contributed by atoms with E-state index >= 15 is 0 Å². The maximum absolute atomic E-state index is 12.6. The van der Waals surface area contributed by atoms with Gasteiger partial charge in [-0.3, -0.25) is 4.79 Å². The topological polar surface area (TPSA) is 55.1 Å². The molecule has 0 radical (unpaired) electrons. The van der Waals surface area contributed by atoms with Gasteiger partial charge in [-0.15, -0.1) is 22.7 Å². The molecule has 25 heavy (non-hydrogen) atoms. The lowest BCUT2D eigenvalue weighted by molar-refractivity contribution is -0.122. The molecular formula is C19H22N2O2S2. The van der Waals surface area contributed by atoms with Gasteiger partial charge in [0.05, 0.1) is 23.0 Å². The van der Waals surface area contributed by atoms with Crippen molar-refractivity contribution < 1.29 is 9.21 Å². The second kappa shape index (κ2) is 7.14. The number of thiophene rings is 2. The minimum absolute atomic E-state index is 0.0241. The van der Waals surface area contributed by atoms with E-state index in [-0.39, 0.29) is 23.8 Å². The molecule has 0 saturated carbocycles. The van der Waals surface area contributed by atoms with Crippen molar-refractivity contribution in [2.75, 3.05) is 0 Å². The van der Waals surface area contributed by atoms with Gasteiger partial charge in [0, 0.05) is 4.88 Å². The Morgan fingerprint density at radius 3 is 2.56 bits per heavy atom. The lowest BCUT2D eigenvalue weighted by Crippen LogP contribution is -2.37. The first-order chi connectivity index (χ1) is 11.8. The van der Waals surface area contributed by atoms with Gasteiger partial charge >= 0.3 is 0 Å². The third-order valence-electron chi connectivity index (χ3n) is 3.95. The van der Waals surface area contributed by atoms with Gasteiger partial charge in [-0.25, -0.2) is 4.98 Å². The number of oxazole rings is 1. The highest BCUT2D eigenvalue weighted by molar-refractivity contribution is 7.13. The second-order valence-corrected chi connectivity index (χ2v) is 8.98. The van der Waals surface area contributed by atoms with E-state index in [0.29, 0.717) is 17.3 Å². The summed E-state index contributed by atoms with van der Waals surface area (Å²) in [7, 11) is 0. The summed E-state index contributed by atoms with van der Waals surface area (Å²) in [5.74, 6) is 1.24. The first kappa shape index (κ1) is 17.9. The Morgan fingerprint density at radius 1 is 1.24 bits per heavy atom. The predicted octanol–water partition coefficient (Wildman–Crippen LogP) is 5.22. The molecule has 0 bridgehead atoms. The van der Waals surface area contributed by atoms with E-state index in [4.69, 9.17) is 4.42 Å². The number of carbonyl (C=O) groups is 1. The predicted molar refractivity (Wildman–Crippen MR) is 103 cm³/mol. The number of aryl methyl sites for hydroxylation is 1. The summed E-state index contributed by atoms with van der Waals surface area (Å²) in [4.78, 5) is 19.3. The van der Waals surface area contributed by atoms with Crippen LogP contribution in [0.25, 0.3) is 10.8 Å². The molecule has 0 aliphatic rings. The summed E-state index contributed by atoms with van der Waals surface area (Å²) in [6.07, 6.45) is 0.221. The molecule has 3 rings (SSSR count). The summed E-state index contributed by atoms with van der Waals surface area (Å²) >= 11 is 3.24. The van der Waals surface area contributed by atoms with E-state index in [2.05, 4.69) is 37.1 Å². The fraction of sp³-hybridized carbons (Fsp3) is 0.368. The summed E-state index contributed by atoms with van der Waals surface area (Å²) in [5.41, 5.74) is 0.626. The Kier molecular flexibility index (Phi) is 5.11. The van der Waals surface area contributed by atoms with Crippen LogP contribution in [0.2, 0.25) is 0 Å². The van der Waals surface area contributed by atoms with Crippen molar-refractivity contribution in [3.05, 3.63) is 51.4 Å². The number of nitrogens with zero attached hydrogens (tertiary/aromatic N) is 1. The van der Waals surface area contributed by atoms with Crippen molar-refractivity contribution in [3.8, 4) is 10.8 Å². The smallest absolute Gasteiger partial charge is 0.236 e. The summed E-state index contributed by atoms with van der Waals surface area (Å²) in [6, 6.07) is 7.98. The first-order valence-electron chi connectivity index (χ1n) is 8.17. The van der Waals surface area contributed by atoms with E-state index in [1.54, 1.807) is 22.7 Å². The number of aromatic nitrogens is 1. The Morgan fingerprint density at radius 2 is 1.96 bits per heavy atom. The molecule has 3 aromatic rings. The summed E-state index contributed by atoms with van der Waals surface area (Å²) < 4.78 is 5.73. The van der Waals surface area contributed by atoms with Crippen molar-refractivity contribution >= 4 is 28.6 Å². The molecule has 0 saturated heterocycles. The van der Waals surface area contributed by atoms with E-state index in [1.807, 2.05) is 35.9 Å². The van der Waals surface area contributed by atoms with Crippen molar-refractivity contribution in [1.29, 1.82) is 0 Å². The van der Waals surface area contributed by atoms with Gasteiger partial charge in [-0.1, -0.05) is 32.9 Å². The maximum Gasteiger partial charge on any atom is 0.236 e. The minimum atomic E-state index is -0.0679. The van der Waals surface area contributed by atoms with Crippen LogP contribution in [0.15, 0.2) is 39.4 Å². The lowest BCUT2D eigenvalue weighted by atomic mass is 9.85. The molecule has 3 aromatic heterocycles. The first-order valence-corrected chi connectivity index (χ1v) is 9.93. The third kappa shape index (κ3) is 4.19. The standard InChI is InChI=1S/C19H22N2O2S2/c1-12-13(20-18(23-12)15-8-6-10-25-15)11-16(22)21-17(19(2,3)4)14-7-5-9-24-14/h5-10,17H,11H2,1-4H3,(H,21,22). The number of hydrogen-bond acceptors (Lipinski definition) is 5. The number of hydrogen-bond donors (Lipinski definition) is 1. The molecule has 0 aliphatic heterocycles. The van der Waals surface area contributed by atoms with Crippen LogP contribution in [-0.4, -0.2) is 10.9 Å². The molecule has 3 heterocycles. The highest BCUT2D eigenvalue weighted by Crippen LogP contribution is 2.35. The average molecular weight is 375 g/mol. The van der Waals surface area contributed by atoms with Crippen LogP contribution in [-0.2, 0) is 11.2 Å². The van der Waals surface area contributed by atoms with E-state index < -0.39 is 0 Å². The Balaban J connectivity index is 1.74. The monoisotopic (exact) mass is 374 g/mol. The lowest BCUT2D eigenvalue weighted by Gasteiger charge is -2.30. The fourth-order valence-corrected chi connectivity index (χ4v) is 4.30. The molecule has 1 unspecified atom stereocenters. The maximum atomic E-state index is 12.6. The highest BCUT2D eigenvalue weighted by atomic mass is 32.1. The van der Waals surface area contributed by atoms with Crippen LogP contribution in [0.4, 0.5) is 0 Å². The Bertz CT molecular complexity index is 828. The summed E-state index contributed by atoms with van der Waals surface area (Å²) in [6.45, 7) is 8.25. The van der Waals surface area contributed by atoms with Gasteiger partial charge in [-0.05, 0) is 35.2 Å². The SMILES string of the molecule is Cc1oc(-c2cccs2)nc1CC(=O)NC(c1cccs1)C(C)(C)C. The van der Waals surface area contributed by atoms with Gasteiger partial charge in [0.2, 0.25) is 11.8 Å².